The zero-order chi connectivity index (χ0) is 15.1. The molecule has 8 heteroatoms. The summed E-state index contributed by atoms with van der Waals surface area (Å²) >= 11 is 0.825. The van der Waals surface area contributed by atoms with Gasteiger partial charge < -0.3 is 4.79 Å². The highest BCUT2D eigenvalue weighted by molar-refractivity contribution is 7.13. The standard InChI is InChI=1S/C12H10F4N2OS/c1-11(2,6-19)18-5-7(12(14,15)16)9(17-18)10-8(13)3-4-20-10/h3-6H,1-2H3. The predicted octanol–water partition coefficient (Wildman–Crippen LogP) is 3.70. The summed E-state index contributed by atoms with van der Waals surface area (Å²) in [6, 6.07) is 1.07. The lowest BCUT2D eigenvalue weighted by atomic mass is 10.1. The van der Waals surface area contributed by atoms with Crippen LogP contribution in [0.5, 0.6) is 0 Å². The van der Waals surface area contributed by atoms with Crippen LogP contribution in [0.2, 0.25) is 0 Å². The maximum absolute atomic E-state index is 13.5. The van der Waals surface area contributed by atoms with Gasteiger partial charge in [-0.05, 0) is 25.3 Å². The Labute approximate surface area is 115 Å². The molecule has 0 N–H and O–H groups in total. The SMILES string of the molecule is CC(C)(C=O)n1cc(C(F)(F)F)c(-c2sccc2F)n1. The molecule has 0 aromatic carbocycles. The molecule has 0 spiro atoms. The third kappa shape index (κ3) is 2.47. The Morgan fingerprint density at radius 1 is 1.35 bits per heavy atom. The second kappa shape index (κ2) is 4.69. The van der Waals surface area contributed by atoms with Gasteiger partial charge in [0, 0.05) is 6.20 Å². The smallest absolute Gasteiger partial charge is 0.301 e. The summed E-state index contributed by atoms with van der Waals surface area (Å²) < 4.78 is 53.5. The molecule has 0 fully saturated rings. The Kier molecular flexibility index (Phi) is 3.45. The number of halogens is 4. The summed E-state index contributed by atoms with van der Waals surface area (Å²) in [5, 5.41) is 5.10. The van der Waals surface area contributed by atoms with Gasteiger partial charge in [0.15, 0.2) is 0 Å². The topological polar surface area (TPSA) is 34.9 Å². The number of thiophene rings is 1. The minimum Gasteiger partial charge on any atom is -0.301 e. The zero-order valence-electron chi connectivity index (χ0n) is 10.5. The van der Waals surface area contributed by atoms with Gasteiger partial charge in [-0.25, -0.2) is 4.39 Å². The van der Waals surface area contributed by atoms with Crippen molar-refractivity contribution in [3.8, 4) is 10.6 Å². The number of rotatable bonds is 3. The van der Waals surface area contributed by atoms with Crippen molar-refractivity contribution in [1.29, 1.82) is 0 Å². The van der Waals surface area contributed by atoms with Crippen LogP contribution in [0.25, 0.3) is 10.6 Å². The number of nitrogens with zero attached hydrogens (tertiary/aromatic N) is 2. The molecule has 0 bridgehead atoms. The monoisotopic (exact) mass is 306 g/mol. The lowest BCUT2D eigenvalue weighted by Gasteiger charge is -2.17. The van der Waals surface area contributed by atoms with E-state index in [9.17, 15) is 22.4 Å². The predicted molar refractivity (Wildman–Crippen MR) is 65.9 cm³/mol. The minimum absolute atomic E-state index is 0.197. The van der Waals surface area contributed by atoms with Gasteiger partial charge in [-0.2, -0.15) is 18.3 Å². The summed E-state index contributed by atoms with van der Waals surface area (Å²) in [7, 11) is 0. The minimum atomic E-state index is -4.68. The van der Waals surface area contributed by atoms with Crippen LogP contribution in [0.15, 0.2) is 17.6 Å². The Bertz CT molecular complexity index is 642. The second-order valence-electron chi connectivity index (χ2n) is 4.70. The number of carbonyl (C=O) groups is 1. The Morgan fingerprint density at radius 3 is 2.45 bits per heavy atom. The maximum atomic E-state index is 13.5. The molecule has 0 saturated carbocycles. The molecule has 0 radical (unpaired) electrons. The van der Waals surface area contributed by atoms with Gasteiger partial charge in [-0.15, -0.1) is 11.3 Å². The molecule has 0 aliphatic carbocycles. The van der Waals surface area contributed by atoms with E-state index < -0.39 is 28.8 Å². The number of aromatic nitrogens is 2. The molecule has 20 heavy (non-hydrogen) atoms. The van der Waals surface area contributed by atoms with Gasteiger partial charge in [0.05, 0.1) is 4.88 Å². The van der Waals surface area contributed by atoms with Crippen LogP contribution in [0, 0.1) is 5.82 Å². The van der Waals surface area contributed by atoms with Gasteiger partial charge in [0.2, 0.25) is 0 Å². The molecule has 108 valence electrons. The molecule has 0 amide bonds. The lowest BCUT2D eigenvalue weighted by Crippen LogP contribution is -2.28. The lowest BCUT2D eigenvalue weighted by molar-refractivity contribution is -0.137. The van der Waals surface area contributed by atoms with Gasteiger partial charge in [-0.1, -0.05) is 0 Å². The summed E-state index contributed by atoms with van der Waals surface area (Å²) in [4.78, 5) is 10.7. The normalized spacial score (nSPS) is 12.7. The number of hydrogen-bond acceptors (Lipinski definition) is 3. The van der Waals surface area contributed by atoms with E-state index in [1.54, 1.807) is 0 Å². The number of alkyl halides is 3. The van der Waals surface area contributed by atoms with Crippen molar-refractivity contribution < 1.29 is 22.4 Å². The highest BCUT2D eigenvalue weighted by Gasteiger charge is 2.39. The van der Waals surface area contributed by atoms with Crippen LogP contribution in [-0.2, 0) is 16.5 Å². The van der Waals surface area contributed by atoms with Crippen molar-refractivity contribution in [3.63, 3.8) is 0 Å². The average molecular weight is 306 g/mol. The third-order valence-electron chi connectivity index (χ3n) is 2.73. The molecule has 0 aliphatic rings. The molecular formula is C12H10F4N2OS. The van der Waals surface area contributed by atoms with Crippen molar-refractivity contribution in [2.24, 2.45) is 0 Å². The fourth-order valence-corrected chi connectivity index (χ4v) is 2.33. The molecule has 3 nitrogen and oxygen atoms in total. The average Bonchev–Trinajstić information content (AvgIpc) is 2.93. The van der Waals surface area contributed by atoms with Gasteiger partial charge in [0.25, 0.3) is 0 Å². The van der Waals surface area contributed by atoms with E-state index in [-0.39, 0.29) is 4.88 Å². The molecule has 2 aromatic rings. The Balaban J connectivity index is 2.67. The Morgan fingerprint density at radius 2 is 2.00 bits per heavy atom. The molecular weight excluding hydrogens is 296 g/mol. The van der Waals surface area contributed by atoms with Gasteiger partial charge in [-0.3, -0.25) is 4.68 Å². The van der Waals surface area contributed by atoms with Crippen LogP contribution in [-0.4, -0.2) is 16.1 Å². The van der Waals surface area contributed by atoms with E-state index in [2.05, 4.69) is 5.10 Å². The molecule has 0 unspecified atom stereocenters. The van der Waals surface area contributed by atoms with Crippen LogP contribution in [0.4, 0.5) is 17.6 Å². The molecule has 0 saturated heterocycles. The second-order valence-corrected chi connectivity index (χ2v) is 5.62. The fourth-order valence-electron chi connectivity index (χ4n) is 1.56. The first kappa shape index (κ1) is 14.7. The first-order valence-electron chi connectivity index (χ1n) is 5.54. The zero-order valence-corrected chi connectivity index (χ0v) is 11.3. The van der Waals surface area contributed by atoms with Crippen LogP contribution in [0.3, 0.4) is 0 Å². The largest absolute Gasteiger partial charge is 0.420 e. The van der Waals surface area contributed by atoms with E-state index in [0.29, 0.717) is 6.29 Å². The van der Waals surface area contributed by atoms with Crippen molar-refractivity contribution in [2.45, 2.75) is 25.6 Å². The number of aldehydes is 1. The maximum Gasteiger partial charge on any atom is 0.420 e. The van der Waals surface area contributed by atoms with Crippen LogP contribution >= 0.6 is 11.3 Å². The van der Waals surface area contributed by atoms with E-state index in [0.717, 1.165) is 28.3 Å². The number of hydrogen-bond donors (Lipinski definition) is 0. The van der Waals surface area contributed by atoms with E-state index in [1.807, 2.05) is 0 Å². The van der Waals surface area contributed by atoms with E-state index >= 15 is 0 Å². The van der Waals surface area contributed by atoms with Crippen molar-refractivity contribution in [1.82, 2.24) is 9.78 Å². The fraction of sp³-hybridized carbons (Fsp3) is 0.333. The molecule has 2 aromatic heterocycles. The molecule has 2 rings (SSSR count). The van der Waals surface area contributed by atoms with Crippen molar-refractivity contribution in [2.75, 3.05) is 0 Å². The quantitative estimate of drug-likeness (QED) is 0.640. The first-order chi connectivity index (χ1) is 9.16. The summed E-state index contributed by atoms with van der Waals surface area (Å²) in [6.45, 7) is 2.84. The Hall–Kier alpha value is -1.70. The van der Waals surface area contributed by atoms with Crippen LogP contribution < -0.4 is 0 Å². The first-order valence-corrected chi connectivity index (χ1v) is 6.42. The van der Waals surface area contributed by atoms with E-state index in [1.165, 1.54) is 19.2 Å². The molecule has 0 atom stereocenters. The van der Waals surface area contributed by atoms with Crippen LogP contribution in [0.1, 0.15) is 19.4 Å². The summed E-state index contributed by atoms with van der Waals surface area (Å²) in [6.07, 6.45) is -3.47. The summed E-state index contributed by atoms with van der Waals surface area (Å²) in [5.41, 5.74) is -2.81. The number of carbonyl (C=O) groups excluding carboxylic acids is 1. The van der Waals surface area contributed by atoms with Gasteiger partial charge >= 0.3 is 6.18 Å². The van der Waals surface area contributed by atoms with Crippen molar-refractivity contribution in [3.05, 3.63) is 29.0 Å². The van der Waals surface area contributed by atoms with Crippen molar-refractivity contribution >= 4 is 17.6 Å². The summed E-state index contributed by atoms with van der Waals surface area (Å²) in [5.74, 6) is -0.769. The van der Waals surface area contributed by atoms with E-state index in [4.69, 9.17) is 0 Å². The molecule has 2 heterocycles. The highest BCUT2D eigenvalue weighted by atomic mass is 32.1. The third-order valence-corrected chi connectivity index (χ3v) is 3.63. The highest BCUT2D eigenvalue weighted by Crippen LogP contribution is 2.39. The van der Waals surface area contributed by atoms with Gasteiger partial charge in [0.1, 0.15) is 28.9 Å². The molecule has 0 aliphatic heterocycles.